The Balaban J connectivity index is 2.41. The van der Waals surface area contributed by atoms with Crippen molar-refractivity contribution in [2.24, 2.45) is 10.7 Å². The van der Waals surface area contributed by atoms with E-state index >= 15 is 0 Å². The number of rotatable bonds is 10. The molecule has 8 heteroatoms. The first-order chi connectivity index (χ1) is 12.4. The maximum absolute atomic E-state index is 12.0. The van der Waals surface area contributed by atoms with Crippen LogP contribution in [-0.4, -0.2) is 53.9 Å². The van der Waals surface area contributed by atoms with Crippen molar-refractivity contribution in [3.8, 4) is 0 Å². The van der Waals surface area contributed by atoms with E-state index in [0.29, 0.717) is 19.4 Å². The number of ether oxygens (including phenoxy) is 1. The first-order valence-corrected chi connectivity index (χ1v) is 8.71. The van der Waals surface area contributed by atoms with Gasteiger partial charge >= 0.3 is 5.97 Å². The molecule has 0 aromatic carbocycles. The summed E-state index contributed by atoms with van der Waals surface area (Å²) in [4.78, 5) is 38.7. The van der Waals surface area contributed by atoms with Crippen LogP contribution in [-0.2, 0) is 19.1 Å². The van der Waals surface area contributed by atoms with Crippen LogP contribution < -0.4 is 11.1 Å². The van der Waals surface area contributed by atoms with Crippen molar-refractivity contribution in [3.05, 3.63) is 24.3 Å². The molecule has 0 aliphatic carbocycles. The molecule has 1 rings (SSSR count). The highest BCUT2D eigenvalue weighted by Crippen LogP contribution is 2.19. The summed E-state index contributed by atoms with van der Waals surface area (Å²) in [7, 11) is 0. The fraction of sp³-hybridized carbons (Fsp3) is 0.556. The lowest BCUT2D eigenvalue weighted by Crippen LogP contribution is -2.40. The Bertz CT molecular complexity index is 571. The quantitative estimate of drug-likeness (QED) is 0.174. The lowest BCUT2D eigenvalue weighted by molar-refractivity contribution is -0.141. The summed E-state index contributed by atoms with van der Waals surface area (Å²) in [5.41, 5.74) is 5.10. The Kier molecular flexibility index (Phi) is 9.93. The number of carboxylic acids is 1. The Labute approximate surface area is 153 Å². The number of amides is 1. The van der Waals surface area contributed by atoms with E-state index in [-0.39, 0.29) is 18.3 Å². The summed E-state index contributed by atoms with van der Waals surface area (Å²) in [5.74, 6) is -1.79. The monoisotopic (exact) mass is 365 g/mol. The van der Waals surface area contributed by atoms with E-state index in [1.54, 1.807) is 0 Å². The van der Waals surface area contributed by atoms with Gasteiger partial charge < -0.3 is 20.9 Å². The second-order valence-corrected chi connectivity index (χ2v) is 6.08. The molecule has 0 radical (unpaired) electrons. The molecule has 1 unspecified atom stereocenters. The second kappa shape index (κ2) is 12.0. The van der Waals surface area contributed by atoms with E-state index in [1.165, 1.54) is 24.3 Å². The predicted molar refractivity (Wildman–Crippen MR) is 97.8 cm³/mol. The highest BCUT2D eigenvalue weighted by Gasteiger charge is 2.23. The average Bonchev–Trinajstić information content (AvgIpc) is 2.61. The zero-order valence-electron chi connectivity index (χ0n) is 15.0. The van der Waals surface area contributed by atoms with Gasteiger partial charge in [0, 0.05) is 12.6 Å². The standard InChI is InChI=1S/C18H27N3O5/c1-13-6-4-9-16(26-13)15(22)8-2-3-10-17(23)21-14(18(24)25)7-5-11-20-12-19/h2-3,8,10,12-14,16H,4-7,9,11H2,1H3,(H2,19,20)(H,21,23)(H,24,25)/b8-2+,10-3+/t13-,14-,16?/m0/s1. The normalized spacial score (nSPS) is 22.0. The van der Waals surface area contributed by atoms with Crippen LogP contribution >= 0.6 is 0 Å². The maximum Gasteiger partial charge on any atom is 0.326 e. The van der Waals surface area contributed by atoms with Gasteiger partial charge in [0.1, 0.15) is 12.1 Å². The van der Waals surface area contributed by atoms with Gasteiger partial charge in [-0.25, -0.2) is 4.79 Å². The van der Waals surface area contributed by atoms with Gasteiger partial charge in [-0.2, -0.15) is 0 Å². The van der Waals surface area contributed by atoms with Gasteiger partial charge in [0.2, 0.25) is 5.91 Å². The van der Waals surface area contributed by atoms with Crippen LogP contribution in [0.2, 0.25) is 0 Å². The van der Waals surface area contributed by atoms with Gasteiger partial charge in [0.05, 0.1) is 12.4 Å². The smallest absolute Gasteiger partial charge is 0.326 e. The first kappa shape index (κ1) is 21.6. The molecule has 0 spiro atoms. The largest absolute Gasteiger partial charge is 0.480 e. The molecule has 8 nitrogen and oxygen atoms in total. The molecular weight excluding hydrogens is 338 g/mol. The number of ketones is 1. The van der Waals surface area contributed by atoms with Crippen molar-refractivity contribution in [2.45, 2.75) is 57.3 Å². The number of allylic oxidation sites excluding steroid dienone is 2. The molecule has 1 heterocycles. The van der Waals surface area contributed by atoms with Crippen molar-refractivity contribution >= 4 is 24.0 Å². The molecular formula is C18H27N3O5. The third-order valence-electron chi connectivity index (χ3n) is 3.91. The van der Waals surface area contributed by atoms with Gasteiger partial charge in [-0.05, 0) is 45.1 Å². The second-order valence-electron chi connectivity index (χ2n) is 6.08. The molecule has 1 amide bonds. The molecule has 0 aromatic heterocycles. The highest BCUT2D eigenvalue weighted by molar-refractivity contribution is 5.94. The lowest BCUT2D eigenvalue weighted by Gasteiger charge is -2.25. The zero-order chi connectivity index (χ0) is 19.4. The van der Waals surface area contributed by atoms with E-state index < -0.39 is 24.0 Å². The Morgan fingerprint density at radius 1 is 1.31 bits per heavy atom. The average molecular weight is 365 g/mol. The van der Waals surface area contributed by atoms with Crippen LogP contribution in [0.4, 0.5) is 0 Å². The minimum Gasteiger partial charge on any atom is -0.480 e. The molecule has 1 aliphatic rings. The van der Waals surface area contributed by atoms with E-state index in [1.807, 2.05) is 6.92 Å². The number of nitrogens with one attached hydrogen (secondary N) is 1. The van der Waals surface area contributed by atoms with Crippen LogP contribution in [0.5, 0.6) is 0 Å². The van der Waals surface area contributed by atoms with Gasteiger partial charge in [0.15, 0.2) is 5.78 Å². The third-order valence-corrected chi connectivity index (χ3v) is 3.91. The Hall–Kier alpha value is -2.48. The van der Waals surface area contributed by atoms with Crippen molar-refractivity contribution in [1.29, 1.82) is 0 Å². The lowest BCUT2D eigenvalue weighted by atomic mass is 10.0. The highest BCUT2D eigenvalue weighted by atomic mass is 16.5. The summed E-state index contributed by atoms with van der Waals surface area (Å²) < 4.78 is 5.57. The van der Waals surface area contributed by atoms with Crippen LogP contribution in [0.1, 0.15) is 39.0 Å². The van der Waals surface area contributed by atoms with Crippen LogP contribution in [0.25, 0.3) is 0 Å². The molecule has 4 N–H and O–H groups in total. The fourth-order valence-corrected chi connectivity index (χ4v) is 2.56. The van der Waals surface area contributed by atoms with Crippen molar-refractivity contribution in [1.82, 2.24) is 5.32 Å². The molecule has 3 atom stereocenters. The molecule has 1 aliphatic heterocycles. The number of nitrogens with zero attached hydrogens (tertiary/aromatic N) is 1. The summed E-state index contributed by atoms with van der Waals surface area (Å²) in [6, 6.07) is -0.997. The van der Waals surface area contributed by atoms with Crippen molar-refractivity contribution in [2.75, 3.05) is 6.54 Å². The number of hydrogen-bond donors (Lipinski definition) is 3. The molecule has 26 heavy (non-hydrogen) atoms. The van der Waals surface area contributed by atoms with Crippen LogP contribution in [0.3, 0.4) is 0 Å². The first-order valence-electron chi connectivity index (χ1n) is 8.71. The van der Waals surface area contributed by atoms with Gasteiger partial charge in [0.25, 0.3) is 0 Å². The number of nitrogens with two attached hydrogens (primary N) is 1. The summed E-state index contributed by atoms with van der Waals surface area (Å²) >= 11 is 0. The van der Waals surface area contributed by atoms with E-state index in [9.17, 15) is 14.4 Å². The minimum atomic E-state index is -1.11. The van der Waals surface area contributed by atoms with E-state index in [0.717, 1.165) is 19.2 Å². The summed E-state index contributed by atoms with van der Waals surface area (Å²) in [5, 5.41) is 11.5. The molecule has 0 saturated carbocycles. The molecule has 1 fully saturated rings. The van der Waals surface area contributed by atoms with Gasteiger partial charge in [-0.3, -0.25) is 14.6 Å². The number of hydrogen-bond acceptors (Lipinski definition) is 5. The number of aliphatic carboxylic acids is 1. The number of carbonyl (C=O) groups excluding carboxylic acids is 2. The summed E-state index contributed by atoms with van der Waals surface area (Å²) in [6.07, 6.45) is 9.56. The van der Waals surface area contributed by atoms with Crippen molar-refractivity contribution < 1.29 is 24.2 Å². The maximum atomic E-state index is 12.0. The van der Waals surface area contributed by atoms with Gasteiger partial charge in [-0.1, -0.05) is 12.2 Å². The molecule has 0 bridgehead atoms. The van der Waals surface area contributed by atoms with Crippen LogP contribution in [0, 0.1) is 0 Å². The van der Waals surface area contributed by atoms with Crippen molar-refractivity contribution in [3.63, 3.8) is 0 Å². The number of carboxylic acid groups (broad SMARTS) is 1. The third kappa shape index (κ3) is 8.57. The van der Waals surface area contributed by atoms with Gasteiger partial charge in [-0.15, -0.1) is 0 Å². The van der Waals surface area contributed by atoms with E-state index in [2.05, 4.69) is 10.3 Å². The zero-order valence-corrected chi connectivity index (χ0v) is 15.0. The Morgan fingerprint density at radius 3 is 2.69 bits per heavy atom. The Morgan fingerprint density at radius 2 is 2.04 bits per heavy atom. The van der Waals surface area contributed by atoms with E-state index in [4.69, 9.17) is 15.6 Å². The molecule has 144 valence electrons. The van der Waals surface area contributed by atoms with Crippen LogP contribution in [0.15, 0.2) is 29.3 Å². The minimum absolute atomic E-state index is 0.0796. The number of carbonyl (C=O) groups is 3. The molecule has 1 saturated heterocycles. The summed E-state index contributed by atoms with van der Waals surface area (Å²) in [6.45, 7) is 2.34. The number of aliphatic imine (C=N–C) groups is 1. The topological polar surface area (TPSA) is 131 Å². The fourth-order valence-electron chi connectivity index (χ4n) is 2.56. The SMILES string of the molecule is C[C@H]1CCCC(C(=O)/C=C/C=C/C(=O)N[C@@H](CCCN=CN)C(=O)O)O1. The predicted octanol–water partition coefficient (Wildman–Crippen LogP) is 0.962. The molecule has 0 aromatic rings.